The summed E-state index contributed by atoms with van der Waals surface area (Å²) in [5, 5.41) is 26.7. The van der Waals surface area contributed by atoms with E-state index in [9.17, 15) is 54.3 Å². The van der Waals surface area contributed by atoms with E-state index in [0.717, 1.165) is 90.4 Å². The Morgan fingerprint density at radius 2 is 1.01 bits per heavy atom. The quantitative estimate of drug-likeness (QED) is 0.0664. The van der Waals surface area contributed by atoms with E-state index in [0.29, 0.717) is 27.9 Å². The van der Waals surface area contributed by atoms with E-state index in [-0.39, 0.29) is 53.6 Å². The Bertz CT molecular complexity index is 3120. The third-order valence-electron chi connectivity index (χ3n) is 13.1. The predicted molar refractivity (Wildman–Crippen MR) is 268 cm³/mol. The second-order valence-corrected chi connectivity index (χ2v) is 19.7. The third kappa shape index (κ3) is 14.7. The van der Waals surface area contributed by atoms with Gasteiger partial charge in [0, 0.05) is 34.5 Å². The molecule has 79 heavy (non-hydrogen) atoms. The highest BCUT2D eigenvalue weighted by atomic mass is 35.5. The van der Waals surface area contributed by atoms with Gasteiger partial charge in [-0.1, -0.05) is 46.5 Å². The highest BCUT2D eigenvalue weighted by Gasteiger charge is 2.47. The van der Waals surface area contributed by atoms with Crippen LogP contribution in [0.2, 0.25) is 10.0 Å². The average Bonchev–Trinajstić information content (AvgIpc) is 4.25. The summed E-state index contributed by atoms with van der Waals surface area (Å²) in [6.07, 6.45) is -4.01. The molecule has 6 heterocycles. The third-order valence-corrected chi connectivity index (χ3v) is 13.6. The second-order valence-electron chi connectivity index (χ2n) is 18.8. The number of alkyl halides is 6. The molecule has 0 unspecified atom stereocenters. The molecule has 0 radical (unpaired) electrons. The number of hydrazine groups is 1. The number of amides is 2. The van der Waals surface area contributed by atoms with Gasteiger partial charge in [-0.25, -0.2) is 37.5 Å². The van der Waals surface area contributed by atoms with Gasteiger partial charge in [0.1, 0.15) is 41.6 Å². The van der Waals surface area contributed by atoms with Gasteiger partial charge < -0.3 is 14.6 Å². The number of piperidine rings is 2. The van der Waals surface area contributed by atoms with E-state index in [1.807, 2.05) is 9.91 Å². The molecular formula is C51H49Cl2F8N11O7. The first-order valence-corrected chi connectivity index (χ1v) is 25.3. The number of carbonyl (C=O) groups is 4. The molecule has 0 bridgehead atoms. The van der Waals surface area contributed by atoms with Crippen LogP contribution in [0.4, 0.5) is 56.1 Å². The number of ether oxygens (including phenoxy) is 2. The van der Waals surface area contributed by atoms with Gasteiger partial charge in [0.2, 0.25) is 0 Å². The van der Waals surface area contributed by atoms with Crippen LogP contribution in [0.3, 0.4) is 0 Å². The molecule has 18 nitrogen and oxygen atoms in total. The van der Waals surface area contributed by atoms with Gasteiger partial charge in [-0.3, -0.25) is 25.3 Å². The zero-order valence-corrected chi connectivity index (χ0v) is 43.0. The van der Waals surface area contributed by atoms with Crippen molar-refractivity contribution < 1.29 is 68.9 Å². The zero-order valence-electron chi connectivity index (χ0n) is 41.5. The molecule has 420 valence electrons. The molecule has 28 heteroatoms. The number of nitrogens with zero attached hydrogens (tertiary/aromatic N) is 10. The van der Waals surface area contributed by atoms with Gasteiger partial charge >= 0.3 is 30.5 Å². The van der Waals surface area contributed by atoms with Crippen molar-refractivity contribution in [2.24, 2.45) is 5.84 Å². The lowest BCUT2D eigenvalue weighted by Gasteiger charge is -2.26. The van der Waals surface area contributed by atoms with E-state index in [4.69, 9.17) is 43.6 Å². The molecule has 4 atom stereocenters. The summed E-state index contributed by atoms with van der Waals surface area (Å²) < 4.78 is 122. The molecule has 4 aromatic carbocycles. The fourth-order valence-corrected chi connectivity index (χ4v) is 9.63. The van der Waals surface area contributed by atoms with Crippen LogP contribution in [-0.4, -0.2) is 114 Å². The van der Waals surface area contributed by atoms with Crippen molar-refractivity contribution in [3.63, 3.8) is 0 Å². The highest BCUT2D eigenvalue weighted by molar-refractivity contribution is 6.31. The molecule has 10 rings (SSSR count). The van der Waals surface area contributed by atoms with Crippen LogP contribution in [-0.2, 0) is 34.9 Å². The summed E-state index contributed by atoms with van der Waals surface area (Å²) in [4.78, 5) is 53.8. The van der Waals surface area contributed by atoms with E-state index in [1.165, 1.54) is 78.7 Å². The van der Waals surface area contributed by atoms with E-state index < -0.39 is 77.6 Å². The van der Waals surface area contributed by atoms with Crippen LogP contribution in [0, 0.1) is 11.6 Å². The molecule has 2 amide bonds. The number of ketones is 1. The maximum absolute atomic E-state index is 14.4. The van der Waals surface area contributed by atoms with Crippen LogP contribution in [0.1, 0.15) is 93.8 Å². The van der Waals surface area contributed by atoms with Gasteiger partial charge in [-0.15, -0.1) is 10.2 Å². The largest absolute Gasteiger partial charge is 0.476 e. The van der Waals surface area contributed by atoms with Gasteiger partial charge in [0.25, 0.3) is 0 Å². The van der Waals surface area contributed by atoms with Crippen molar-refractivity contribution in [1.82, 2.24) is 39.9 Å². The predicted octanol–water partition coefficient (Wildman–Crippen LogP) is 10.4. The topological polar surface area (TPSA) is 207 Å². The number of hydrogen-bond donors (Lipinski definition) is 2. The van der Waals surface area contributed by atoms with Crippen molar-refractivity contribution >= 4 is 58.5 Å². The Hall–Kier alpha value is -7.26. The van der Waals surface area contributed by atoms with Crippen LogP contribution in [0.25, 0.3) is 0 Å². The van der Waals surface area contributed by atoms with Crippen molar-refractivity contribution in [1.29, 1.82) is 0 Å². The van der Waals surface area contributed by atoms with E-state index in [2.05, 4.69) is 20.6 Å². The Morgan fingerprint density at radius 3 is 1.39 bits per heavy atom. The first-order valence-electron chi connectivity index (χ1n) is 24.6. The average molecular weight is 1150 g/mol. The summed E-state index contributed by atoms with van der Waals surface area (Å²) in [7, 11) is 0. The Labute approximate surface area is 455 Å². The van der Waals surface area contributed by atoms with E-state index in [1.54, 1.807) is 0 Å². The summed E-state index contributed by atoms with van der Waals surface area (Å²) in [5.74, 6) is 1.65. The van der Waals surface area contributed by atoms with Gasteiger partial charge in [-0.05, 0) is 135 Å². The molecule has 3 N–H and O–H groups in total. The molecule has 0 saturated carbocycles. The fourth-order valence-electron chi connectivity index (χ4n) is 9.38. The van der Waals surface area contributed by atoms with Gasteiger partial charge in [-0.2, -0.15) is 26.3 Å². The van der Waals surface area contributed by atoms with Crippen LogP contribution in [0.5, 0.6) is 0 Å². The molecule has 4 saturated heterocycles. The van der Waals surface area contributed by atoms with Gasteiger partial charge in [0.15, 0.2) is 11.5 Å². The lowest BCUT2D eigenvalue weighted by Crippen LogP contribution is -2.35. The normalized spacial score (nSPS) is 20.0. The SMILES string of the molecule is NN1CCCCC1.O=C(CN1CCCCC1)c1cn(C[C@@H]2OC(=O)N(c3ccc(Cl)cc3)[C@H]2c2cc(F)cc(C(F)(F)F)c2)nn1.O=C(O)c1cn(C[C@@H]2OC(=O)N(c3ccc(Cl)cc3)[C@H]2c2cc(F)cc(C(F)(F)F)c2)nn1. The number of benzene rings is 4. The zero-order chi connectivity index (χ0) is 56.8. The lowest BCUT2D eigenvalue weighted by atomic mass is 9.97. The molecule has 2 aromatic heterocycles. The minimum Gasteiger partial charge on any atom is -0.476 e. The number of halogens is 10. The van der Waals surface area contributed by atoms with Crippen LogP contribution < -0.4 is 15.6 Å². The number of hydrogen-bond acceptors (Lipinski definition) is 13. The highest BCUT2D eigenvalue weighted by Crippen LogP contribution is 2.43. The molecule has 4 aliphatic heterocycles. The van der Waals surface area contributed by atoms with Crippen LogP contribution in [0.15, 0.2) is 97.3 Å². The number of aromatic carboxylic acids is 1. The summed E-state index contributed by atoms with van der Waals surface area (Å²) in [5.41, 5.74) is -2.43. The van der Waals surface area contributed by atoms with E-state index >= 15 is 0 Å². The van der Waals surface area contributed by atoms with Gasteiger partial charge in [0.05, 0.1) is 43.2 Å². The van der Waals surface area contributed by atoms with Crippen molar-refractivity contribution in [3.05, 3.63) is 153 Å². The number of rotatable bonds is 12. The molecule has 4 aliphatic rings. The number of Topliss-reactive ketones (excluding diaryl/α,β-unsaturated/α-hetero) is 1. The summed E-state index contributed by atoms with van der Waals surface area (Å²) in [6, 6.07) is 13.6. The minimum atomic E-state index is -4.83. The lowest BCUT2D eigenvalue weighted by molar-refractivity contribution is -0.138. The maximum Gasteiger partial charge on any atom is 0.416 e. The number of cyclic esters (lactones) is 2. The van der Waals surface area contributed by atoms with Crippen molar-refractivity contribution in [2.45, 2.75) is 88.3 Å². The summed E-state index contributed by atoms with van der Waals surface area (Å²) >= 11 is 11.9. The summed E-state index contributed by atoms with van der Waals surface area (Å²) in [6.45, 7) is 3.66. The number of likely N-dealkylation sites (tertiary alicyclic amines) is 1. The first-order chi connectivity index (χ1) is 37.5. The minimum absolute atomic E-state index is 0.116. The first kappa shape index (κ1) is 57.9. The van der Waals surface area contributed by atoms with Crippen molar-refractivity contribution in [2.75, 3.05) is 42.5 Å². The number of carbonyl (C=O) groups excluding carboxylic acids is 3. The number of aromatic nitrogens is 6. The number of carboxylic acid groups (broad SMARTS) is 1. The molecule has 4 fully saturated rings. The van der Waals surface area contributed by atoms with Crippen LogP contribution >= 0.6 is 23.2 Å². The number of carboxylic acids is 1. The molecule has 6 aromatic rings. The van der Waals surface area contributed by atoms with Crippen molar-refractivity contribution in [3.8, 4) is 0 Å². The molecule has 0 aliphatic carbocycles. The molecule has 0 spiro atoms. The Morgan fingerprint density at radius 1 is 0.608 bits per heavy atom. The Kier molecular flexibility index (Phi) is 18.2. The number of anilines is 2. The second kappa shape index (κ2) is 24.8. The Balaban J connectivity index is 0.000000187. The maximum atomic E-state index is 14.4. The number of nitrogens with two attached hydrogens (primary N) is 1. The molecular weight excluding hydrogens is 1100 g/mol. The monoisotopic (exact) mass is 1150 g/mol. The standard InChI is InChI=1S/C26H24ClF4N5O3.C20H13ClF4N4O4.C5H12N2/c27-18-4-6-20(7-5-18)36-24(16-10-17(26(29,30)31)12-19(28)11-16)23(39-25(36)38)15-35-13-21(32-33-35)22(37)14-34-8-2-1-3-9-34;21-12-1-3-14(4-2-12)29-17(10-5-11(20(23,24)25)7-13(22)6-10)16(33-19(29)32)9-28-8-15(18(30)31)26-27-28;6-7-4-2-1-3-5-7/h4-7,10-13,23-24H,1-3,8-9,14-15H2;1-8,16-17H,9H2,(H,30,31);1-6H2/t23-,24-;16-,17-;/m00./s1. The fraction of sp³-hybridized carbons (Fsp3) is 0.373. The smallest absolute Gasteiger partial charge is 0.416 e.